The lowest BCUT2D eigenvalue weighted by atomic mass is 10.0. The molecular formula is C24H23N3O4. The smallest absolute Gasteiger partial charge is 0.329 e. The number of hydrogen-bond acceptors (Lipinski definition) is 5. The maximum absolute atomic E-state index is 13.0. The summed E-state index contributed by atoms with van der Waals surface area (Å²) >= 11 is 0. The number of aromatic nitrogens is 2. The summed E-state index contributed by atoms with van der Waals surface area (Å²) in [6.07, 6.45) is 3.87. The molecule has 2 amide bonds. The molecule has 0 N–H and O–H groups in total. The predicted octanol–water partition coefficient (Wildman–Crippen LogP) is 3.63. The largest absolute Gasteiger partial charge is 0.459 e. The van der Waals surface area contributed by atoms with Gasteiger partial charge in [-0.15, -0.1) is 0 Å². The Kier molecular flexibility index (Phi) is 5.66. The molecule has 31 heavy (non-hydrogen) atoms. The van der Waals surface area contributed by atoms with Gasteiger partial charge in [-0.05, 0) is 48.2 Å². The summed E-state index contributed by atoms with van der Waals surface area (Å²) in [4.78, 5) is 39.7. The molecule has 0 saturated heterocycles. The van der Waals surface area contributed by atoms with Crippen molar-refractivity contribution in [3.05, 3.63) is 83.7 Å². The van der Waals surface area contributed by atoms with E-state index in [9.17, 15) is 14.4 Å². The van der Waals surface area contributed by atoms with E-state index >= 15 is 0 Å². The van der Waals surface area contributed by atoms with Crippen molar-refractivity contribution in [2.24, 2.45) is 5.92 Å². The maximum Gasteiger partial charge on any atom is 0.329 e. The fraction of sp³-hybridized carbons (Fsp3) is 0.250. The van der Waals surface area contributed by atoms with E-state index in [1.807, 2.05) is 50.4 Å². The zero-order chi connectivity index (χ0) is 22.0. The number of ether oxygens (including phenoxy) is 1. The Morgan fingerprint density at radius 1 is 0.968 bits per heavy atom. The average molecular weight is 417 g/mol. The van der Waals surface area contributed by atoms with Crippen LogP contribution in [0.15, 0.2) is 67.0 Å². The maximum atomic E-state index is 13.0. The molecule has 0 spiro atoms. The summed E-state index contributed by atoms with van der Waals surface area (Å²) in [5.41, 5.74) is 2.34. The van der Waals surface area contributed by atoms with Gasteiger partial charge in [-0.3, -0.25) is 14.5 Å². The fourth-order valence-electron chi connectivity index (χ4n) is 3.66. The summed E-state index contributed by atoms with van der Waals surface area (Å²) in [7, 11) is 0. The number of carbonyl (C=O) groups is 3. The molecule has 1 atom stereocenters. The van der Waals surface area contributed by atoms with Crippen molar-refractivity contribution in [3.63, 3.8) is 0 Å². The number of rotatable bonds is 7. The summed E-state index contributed by atoms with van der Waals surface area (Å²) in [5, 5.41) is 4.18. The summed E-state index contributed by atoms with van der Waals surface area (Å²) in [5.74, 6) is -1.40. The normalized spacial score (nSPS) is 14.1. The lowest BCUT2D eigenvalue weighted by molar-refractivity contribution is -0.150. The zero-order valence-corrected chi connectivity index (χ0v) is 17.4. The number of imide groups is 1. The first-order valence-electron chi connectivity index (χ1n) is 10.2. The highest BCUT2D eigenvalue weighted by atomic mass is 16.5. The van der Waals surface area contributed by atoms with Crippen molar-refractivity contribution < 1.29 is 19.1 Å². The standard InChI is InChI=1S/C24H23N3O4/c1-16(2)14-21(27-22(28)19-6-3-4-7-20(19)23(27)29)24(30)31-15-17-8-10-18(11-9-17)26-13-5-12-25-26/h3-13,16,21H,14-15H2,1-2H3. The topological polar surface area (TPSA) is 81.5 Å². The van der Waals surface area contributed by atoms with E-state index in [1.54, 1.807) is 35.1 Å². The van der Waals surface area contributed by atoms with Gasteiger partial charge in [0.05, 0.1) is 16.8 Å². The number of hydrogen-bond donors (Lipinski definition) is 0. The van der Waals surface area contributed by atoms with Crippen LogP contribution in [0.1, 0.15) is 46.5 Å². The van der Waals surface area contributed by atoms with Gasteiger partial charge in [0.25, 0.3) is 11.8 Å². The molecule has 1 aliphatic heterocycles. The Morgan fingerprint density at radius 2 is 1.61 bits per heavy atom. The van der Waals surface area contributed by atoms with E-state index in [4.69, 9.17) is 4.74 Å². The van der Waals surface area contributed by atoms with Gasteiger partial charge in [0.15, 0.2) is 0 Å². The first kappa shape index (κ1) is 20.5. The first-order chi connectivity index (χ1) is 15.0. The van der Waals surface area contributed by atoms with Crippen LogP contribution in [0.4, 0.5) is 0 Å². The lowest BCUT2D eigenvalue weighted by Crippen LogP contribution is -2.46. The molecule has 4 rings (SSSR count). The Morgan fingerprint density at radius 3 is 2.16 bits per heavy atom. The highest BCUT2D eigenvalue weighted by Crippen LogP contribution is 2.27. The third kappa shape index (κ3) is 4.12. The van der Waals surface area contributed by atoms with Crippen molar-refractivity contribution in [3.8, 4) is 5.69 Å². The van der Waals surface area contributed by atoms with Gasteiger partial charge in [0.2, 0.25) is 0 Å². The minimum atomic E-state index is -0.962. The first-order valence-corrected chi connectivity index (χ1v) is 10.2. The van der Waals surface area contributed by atoms with Crippen LogP contribution in [0, 0.1) is 5.92 Å². The van der Waals surface area contributed by atoms with E-state index in [2.05, 4.69) is 5.10 Å². The van der Waals surface area contributed by atoms with E-state index < -0.39 is 23.8 Å². The number of fused-ring (bicyclic) bond motifs is 1. The van der Waals surface area contributed by atoms with Gasteiger partial charge < -0.3 is 4.74 Å². The molecule has 0 radical (unpaired) electrons. The molecule has 3 aromatic rings. The van der Waals surface area contributed by atoms with Crippen LogP contribution in [0.5, 0.6) is 0 Å². The molecule has 1 aliphatic rings. The van der Waals surface area contributed by atoms with E-state index in [0.717, 1.165) is 16.2 Å². The molecular weight excluding hydrogens is 394 g/mol. The zero-order valence-electron chi connectivity index (χ0n) is 17.4. The van der Waals surface area contributed by atoms with Gasteiger partial charge in [0.1, 0.15) is 12.6 Å². The SMILES string of the molecule is CC(C)CC(C(=O)OCc1ccc(-n2cccn2)cc1)N1C(=O)c2ccccc2C1=O. The van der Waals surface area contributed by atoms with E-state index in [-0.39, 0.29) is 12.5 Å². The van der Waals surface area contributed by atoms with Crippen molar-refractivity contribution >= 4 is 17.8 Å². The molecule has 1 aromatic heterocycles. The van der Waals surface area contributed by atoms with Crippen LogP contribution >= 0.6 is 0 Å². The molecule has 2 aromatic carbocycles. The van der Waals surface area contributed by atoms with Crippen molar-refractivity contribution in [1.29, 1.82) is 0 Å². The van der Waals surface area contributed by atoms with E-state index in [0.29, 0.717) is 17.5 Å². The summed E-state index contributed by atoms with van der Waals surface area (Å²) < 4.78 is 7.25. The van der Waals surface area contributed by atoms with Crippen LogP contribution < -0.4 is 0 Å². The second-order valence-electron chi connectivity index (χ2n) is 7.90. The van der Waals surface area contributed by atoms with Crippen molar-refractivity contribution in [2.75, 3.05) is 0 Å². The van der Waals surface area contributed by atoms with Crippen LogP contribution in [0.2, 0.25) is 0 Å². The minimum Gasteiger partial charge on any atom is -0.459 e. The second-order valence-corrected chi connectivity index (χ2v) is 7.90. The molecule has 0 fully saturated rings. The average Bonchev–Trinajstić information content (AvgIpc) is 3.39. The fourth-order valence-corrected chi connectivity index (χ4v) is 3.66. The van der Waals surface area contributed by atoms with Gasteiger partial charge in [0, 0.05) is 12.4 Å². The second kappa shape index (κ2) is 8.55. The molecule has 2 heterocycles. The number of esters is 1. The molecule has 0 saturated carbocycles. The highest BCUT2D eigenvalue weighted by molar-refractivity contribution is 6.22. The molecule has 0 bridgehead atoms. The highest BCUT2D eigenvalue weighted by Gasteiger charge is 2.43. The monoisotopic (exact) mass is 417 g/mol. The van der Waals surface area contributed by atoms with Gasteiger partial charge in [-0.2, -0.15) is 5.10 Å². The van der Waals surface area contributed by atoms with Crippen LogP contribution in [0.3, 0.4) is 0 Å². The summed E-state index contributed by atoms with van der Waals surface area (Å²) in [6.45, 7) is 3.93. The summed E-state index contributed by atoms with van der Waals surface area (Å²) in [6, 6.07) is 15.0. The van der Waals surface area contributed by atoms with Crippen LogP contribution in [-0.4, -0.2) is 38.5 Å². The quantitative estimate of drug-likeness (QED) is 0.433. The third-order valence-electron chi connectivity index (χ3n) is 5.19. The Balaban J connectivity index is 1.48. The number of carbonyl (C=O) groups excluding carboxylic acids is 3. The Bertz CT molecular complexity index is 1070. The van der Waals surface area contributed by atoms with Crippen LogP contribution in [0.25, 0.3) is 5.69 Å². The number of benzene rings is 2. The van der Waals surface area contributed by atoms with E-state index in [1.165, 1.54) is 0 Å². The number of amides is 2. The van der Waals surface area contributed by atoms with Crippen LogP contribution in [-0.2, 0) is 16.1 Å². The molecule has 7 heteroatoms. The predicted molar refractivity (Wildman–Crippen MR) is 114 cm³/mol. The van der Waals surface area contributed by atoms with Gasteiger partial charge in [-0.1, -0.05) is 38.1 Å². The van der Waals surface area contributed by atoms with Crippen molar-refractivity contribution in [2.45, 2.75) is 32.9 Å². The lowest BCUT2D eigenvalue weighted by Gasteiger charge is -2.26. The minimum absolute atomic E-state index is 0.0516. The Hall–Kier alpha value is -3.74. The molecule has 7 nitrogen and oxygen atoms in total. The number of nitrogens with zero attached hydrogens (tertiary/aromatic N) is 3. The molecule has 158 valence electrons. The van der Waals surface area contributed by atoms with Gasteiger partial charge >= 0.3 is 5.97 Å². The Labute approximate surface area is 180 Å². The van der Waals surface area contributed by atoms with Gasteiger partial charge in [-0.25, -0.2) is 9.48 Å². The third-order valence-corrected chi connectivity index (χ3v) is 5.19. The molecule has 1 unspecified atom stereocenters. The molecule has 0 aliphatic carbocycles. The van der Waals surface area contributed by atoms with Crippen molar-refractivity contribution in [1.82, 2.24) is 14.7 Å².